The Balaban J connectivity index is 0.000000162. The lowest BCUT2D eigenvalue weighted by Gasteiger charge is -1.43. The number of hydrogen-bond acceptors (Lipinski definition) is 4. The molecule has 1 aromatic heterocycles. The van der Waals surface area contributed by atoms with Crippen molar-refractivity contribution < 1.29 is 8.42 Å². The molecule has 0 spiro atoms. The third-order valence-electron chi connectivity index (χ3n) is 0.511. The summed E-state index contributed by atoms with van der Waals surface area (Å²) in [6, 6.07) is 4.04. The number of thiophene rings is 1. The molecule has 4 nitrogen and oxygen atoms in total. The SMILES string of the molecule is NN=S(=O)=O.c1ccsc1. The van der Waals surface area contributed by atoms with Crippen LogP contribution in [0.3, 0.4) is 0 Å². The molecule has 0 fully saturated rings. The van der Waals surface area contributed by atoms with Crippen LogP contribution in [0.15, 0.2) is 27.4 Å². The minimum atomic E-state index is -2.42. The molecule has 2 N–H and O–H groups in total. The number of hydrogen-bond donors (Lipinski definition) is 1. The van der Waals surface area contributed by atoms with Gasteiger partial charge in [0, 0.05) is 0 Å². The molecule has 0 atom stereocenters. The van der Waals surface area contributed by atoms with Crippen LogP contribution in [0.1, 0.15) is 0 Å². The van der Waals surface area contributed by atoms with Gasteiger partial charge in [-0.3, -0.25) is 0 Å². The lowest BCUT2D eigenvalue weighted by Crippen LogP contribution is -1.73. The van der Waals surface area contributed by atoms with E-state index in [4.69, 9.17) is 8.42 Å². The summed E-state index contributed by atoms with van der Waals surface area (Å²) in [5.74, 6) is 4.18. The highest BCUT2D eigenvalue weighted by atomic mass is 32.2. The number of nitrogens with two attached hydrogens (primary N) is 1. The van der Waals surface area contributed by atoms with Gasteiger partial charge in [-0.05, 0) is 10.8 Å². The summed E-state index contributed by atoms with van der Waals surface area (Å²) < 4.78 is 20.5. The normalized spacial score (nSPS) is 7.30. The fraction of sp³-hybridized carbons (Fsp3) is 0. The number of rotatable bonds is 0. The van der Waals surface area contributed by atoms with Crippen LogP contribution in [0.4, 0.5) is 0 Å². The molecule has 1 rings (SSSR count). The smallest absolute Gasteiger partial charge is 0.212 e. The van der Waals surface area contributed by atoms with Gasteiger partial charge in [0.25, 0.3) is 0 Å². The first-order valence-corrected chi connectivity index (χ1v) is 4.22. The maximum absolute atomic E-state index is 9.08. The van der Waals surface area contributed by atoms with E-state index >= 15 is 0 Å². The molecule has 0 aliphatic carbocycles. The van der Waals surface area contributed by atoms with E-state index in [9.17, 15) is 0 Å². The molecule has 0 radical (unpaired) electrons. The minimum absolute atomic E-state index is 1.71. The van der Waals surface area contributed by atoms with Crippen molar-refractivity contribution in [2.75, 3.05) is 0 Å². The van der Waals surface area contributed by atoms with E-state index in [-0.39, 0.29) is 0 Å². The van der Waals surface area contributed by atoms with Gasteiger partial charge >= 0.3 is 10.5 Å². The summed E-state index contributed by atoms with van der Waals surface area (Å²) in [5.41, 5.74) is 0. The van der Waals surface area contributed by atoms with Crippen LogP contribution >= 0.6 is 11.3 Å². The molecule has 0 saturated carbocycles. The molecule has 1 aromatic rings. The maximum Gasteiger partial charge on any atom is 0.327 e. The average molecular weight is 178 g/mol. The van der Waals surface area contributed by atoms with Crippen LogP contribution < -0.4 is 5.84 Å². The first-order valence-electron chi connectivity index (χ1n) is 2.25. The largest absolute Gasteiger partial charge is 0.327 e. The van der Waals surface area contributed by atoms with E-state index in [0.29, 0.717) is 0 Å². The van der Waals surface area contributed by atoms with Crippen molar-refractivity contribution in [2.45, 2.75) is 0 Å². The molecule has 0 aliphatic rings. The fourth-order valence-electron chi connectivity index (χ4n) is 0.227. The summed E-state index contributed by atoms with van der Waals surface area (Å²) >= 11 is 1.71. The van der Waals surface area contributed by atoms with E-state index in [1.807, 2.05) is 22.9 Å². The Morgan fingerprint density at radius 3 is 1.80 bits per heavy atom. The van der Waals surface area contributed by atoms with Crippen molar-refractivity contribution in [1.82, 2.24) is 0 Å². The zero-order valence-electron chi connectivity index (χ0n) is 4.97. The molecule has 56 valence electrons. The standard InChI is InChI=1S/C4H4S.H2N2O2S/c1-2-4-5-3-1;1-2-5(3)4/h1-4H;1H2. The zero-order chi connectivity index (χ0) is 7.82. The van der Waals surface area contributed by atoms with Crippen molar-refractivity contribution in [3.63, 3.8) is 0 Å². The molecule has 0 unspecified atom stereocenters. The van der Waals surface area contributed by atoms with E-state index in [2.05, 4.69) is 10.3 Å². The Labute approximate surface area is 64.0 Å². The van der Waals surface area contributed by atoms with Crippen LogP contribution in [-0.4, -0.2) is 8.42 Å². The molecule has 0 saturated heterocycles. The number of nitrogens with zero attached hydrogens (tertiary/aromatic N) is 1. The second-order valence-electron chi connectivity index (χ2n) is 1.12. The van der Waals surface area contributed by atoms with Crippen LogP contribution in [0, 0.1) is 0 Å². The van der Waals surface area contributed by atoms with Crippen molar-refractivity contribution >= 4 is 21.8 Å². The first-order chi connectivity index (χ1) is 4.77. The summed E-state index contributed by atoms with van der Waals surface area (Å²) in [7, 11) is -2.42. The van der Waals surface area contributed by atoms with Crippen LogP contribution in [-0.2, 0) is 10.5 Å². The van der Waals surface area contributed by atoms with Crippen molar-refractivity contribution in [3.05, 3.63) is 22.9 Å². The molecule has 6 heteroatoms. The lowest BCUT2D eigenvalue weighted by molar-refractivity contribution is 0.620. The summed E-state index contributed by atoms with van der Waals surface area (Å²) in [4.78, 5) is 0. The Morgan fingerprint density at radius 1 is 1.30 bits per heavy atom. The Hall–Kier alpha value is -0.720. The Bertz CT molecular complexity index is 238. The zero-order valence-corrected chi connectivity index (χ0v) is 6.60. The van der Waals surface area contributed by atoms with Gasteiger partial charge in [0.15, 0.2) is 0 Å². The summed E-state index contributed by atoms with van der Waals surface area (Å²) in [6.07, 6.45) is 0. The molecule has 0 bridgehead atoms. The molecule has 10 heavy (non-hydrogen) atoms. The third-order valence-corrected chi connectivity index (χ3v) is 1.31. The third kappa shape index (κ3) is 7.28. The van der Waals surface area contributed by atoms with Crippen LogP contribution in [0.5, 0.6) is 0 Å². The molecule has 0 aliphatic heterocycles. The predicted molar refractivity (Wildman–Crippen MR) is 39.9 cm³/mol. The van der Waals surface area contributed by atoms with Gasteiger partial charge in [0.2, 0.25) is 0 Å². The quantitative estimate of drug-likeness (QED) is 0.469. The van der Waals surface area contributed by atoms with Gasteiger partial charge in [-0.25, -0.2) is 5.84 Å². The highest BCUT2D eigenvalue weighted by molar-refractivity contribution is 7.61. The van der Waals surface area contributed by atoms with Crippen molar-refractivity contribution in [1.29, 1.82) is 0 Å². The second-order valence-corrected chi connectivity index (χ2v) is 2.58. The molecule has 0 aromatic carbocycles. The Morgan fingerprint density at radius 2 is 1.70 bits per heavy atom. The van der Waals surface area contributed by atoms with Crippen molar-refractivity contribution in [2.24, 2.45) is 10.3 Å². The Kier molecular flexibility index (Phi) is 5.94. The average Bonchev–Trinajstić information content (AvgIpc) is 2.43. The van der Waals surface area contributed by atoms with Gasteiger partial charge in [-0.15, -0.1) is 0 Å². The topological polar surface area (TPSA) is 72.5 Å². The van der Waals surface area contributed by atoms with Gasteiger partial charge in [0.05, 0.1) is 0 Å². The van der Waals surface area contributed by atoms with Gasteiger partial charge in [0.1, 0.15) is 0 Å². The molecular weight excluding hydrogens is 172 g/mol. The van der Waals surface area contributed by atoms with Crippen LogP contribution in [0.25, 0.3) is 0 Å². The van der Waals surface area contributed by atoms with Gasteiger partial charge in [-0.2, -0.15) is 19.8 Å². The van der Waals surface area contributed by atoms with E-state index in [0.717, 1.165) is 0 Å². The fourth-order valence-corrected chi connectivity index (χ4v) is 0.680. The molecule has 0 amide bonds. The van der Waals surface area contributed by atoms with Gasteiger partial charge < -0.3 is 0 Å². The van der Waals surface area contributed by atoms with Crippen molar-refractivity contribution in [3.8, 4) is 0 Å². The van der Waals surface area contributed by atoms with Crippen LogP contribution in [0.2, 0.25) is 0 Å². The summed E-state index contributed by atoms with van der Waals surface area (Å²) in [6.45, 7) is 0. The minimum Gasteiger partial charge on any atom is -0.212 e. The van der Waals surface area contributed by atoms with E-state index in [1.54, 1.807) is 11.3 Å². The maximum atomic E-state index is 9.08. The van der Waals surface area contributed by atoms with Gasteiger partial charge in [-0.1, -0.05) is 16.6 Å². The molecular formula is C4H6N2O2S2. The monoisotopic (exact) mass is 178 g/mol. The molecule has 1 heterocycles. The lowest BCUT2D eigenvalue weighted by atomic mass is 10.7. The predicted octanol–water partition coefficient (Wildman–Crippen LogP) is 0.671. The second kappa shape index (κ2) is 6.40. The van der Waals surface area contributed by atoms with E-state index < -0.39 is 10.5 Å². The van der Waals surface area contributed by atoms with E-state index in [1.165, 1.54) is 0 Å². The summed E-state index contributed by atoms with van der Waals surface area (Å²) in [5, 5.41) is 4.08. The highest BCUT2D eigenvalue weighted by Gasteiger charge is 1.58. The first kappa shape index (κ1) is 9.28. The highest BCUT2D eigenvalue weighted by Crippen LogP contribution is 1.91.